The molecule has 2 aromatic carbocycles. The third-order valence-electron chi connectivity index (χ3n) is 5.57. The van der Waals surface area contributed by atoms with Crippen molar-refractivity contribution in [2.75, 3.05) is 19.8 Å². The van der Waals surface area contributed by atoms with E-state index in [1.807, 2.05) is 50.2 Å². The number of ether oxygens (including phenoxy) is 3. The predicted octanol–water partition coefficient (Wildman–Crippen LogP) is 5.18. The summed E-state index contributed by atoms with van der Waals surface area (Å²) in [7, 11) is 0. The van der Waals surface area contributed by atoms with Crippen molar-refractivity contribution in [3.63, 3.8) is 0 Å². The van der Waals surface area contributed by atoms with Gasteiger partial charge in [-0.1, -0.05) is 36.4 Å². The van der Waals surface area contributed by atoms with Gasteiger partial charge in [0.2, 0.25) is 0 Å². The van der Waals surface area contributed by atoms with Crippen LogP contribution in [0.5, 0.6) is 11.5 Å². The SMILES string of the molecule is CCOC(=O)C1=C(C)NC(=S)N(C(=O)/C(C)=C/c2ccccc2)C1c1ccc(OCC)c(OCC)c1. The Morgan fingerprint density at radius 1 is 1.00 bits per heavy atom. The second-order valence-electron chi connectivity index (χ2n) is 8.08. The number of thiocarbonyl (C=S) groups is 1. The molecule has 1 atom stereocenters. The highest BCUT2D eigenvalue weighted by molar-refractivity contribution is 7.80. The van der Waals surface area contributed by atoms with Crippen LogP contribution in [0, 0.1) is 0 Å². The molecule has 0 fully saturated rings. The van der Waals surface area contributed by atoms with Gasteiger partial charge in [-0.25, -0.2) is 4.79 Å². The average Bonchev–Trinajstić information content (AvgIpc) is 2.85. The molecule has 1 unspecified atom stereocenters. The maximum Gasteiger partial charge on any atom is 0.338 e. The predicted molar refractivity (Wildman–Crippen MR) is 144 cm³/mol. The minimum absolute atomic E-state index is 0.196. The molecule has 1 aliphatic rings. The van der Waals surface area contributed by atoms with E-state index in [2.05, 4.69) is 5.32 Å². The highest BCUT2D eigenvalue weighted by Gasteiger charge is 2.40. The van der Waals surface area contributed by atoms with Gasteiger partial charge in [-0.05, 0) is 76.2 Å². The van der Waals surface area contributed by atoms with Gasteiger partial charge < -0.3 is 19.5 Å². The molecule has 0 bridgehead atoms. The number of rotatable bonds is 9. The van der Waals surface area contributed by atoms with E-state index >= 15 is 0 Å². The van der Waals surface area contributed by atoms with E-state index in [1.165, 1.54) is 4.90 Å². The molecule has 1 aliphatic heterocycles. The smallest absolute Gasteiger partial charge is 0.338 e. The molecule has 1 heterocycles. The van der Waals surface area contributed by atoms with E-state index in [-0.39, 0.29) is 17.6 Å². The number of carbonyl (C=O) groups is 2. The van der Waals surface area contributed by atoms with Crippen LogP contribution in [0.1, 0.15) is 51.8 Å². The summed E-state index contributed by atoms with van der Waals surface area (Å²) >= 11 is 5.62. The minimum Gasteiger partial charge on any atom is -0.490 e. The van der Waals surface area contributed by atoms with E-state index < -0.39 is 12.0 Å². The highest BCUT2D eigenvalue weighted by atomic mass is 32.1. The van der Waals surface area contributed by atoms with Crippen LogP contribution in [0.2, 0.25) is 0 Å². The Morgan fingerprint density at radius 3 is 2.31 bits per heavy atom. The normalized spacial score (nSPS) is 15.9. The van der Waals surface area contributed by atoms with E-state index in [0.717, 1.165) is 5.56 Å². The number of hydrogen-bond donors (Lipinski definition) is 1. The Bertz CT molecular complexity index is 1190. The Morgan fingerprint density at radius 2 is 1.67 bits per heavy atom. The Hall–Kier alpha value is -3.65. The van der Waals surface area contributed by atoms with Crippen LogP contribution in [0.25, 0.3) is 6.08 Å². The number of hydrogen-bond acceptors (Lipinski definition) is 6. The van der Waals surface area contributed by atoms with Crippen LogP contribution in [0.15, 0.2) is 65.4 Å². The molecule has 1 N–H and O–H groups in total. The molecule has 0 saturated carbocycles. The standard InChI is InChI=1S/C28H32N2O5S/c1-6-33-22-15-14-21(17-23(22)34-7-2)25-24(27(32)35-8-3)19(5)29-28(36)30(25)26(31)18(4)16-20-12-10-9-11-13-20/h9-17,25H,6-8H2,1-5H3,(H,29,36)/b18-16+. The summed E-state index contributed by atoms with van der Waals surface area (Å²) in [5.74, 6) is 0.244. The molecular weight excluding hydrogens is 476 g/mol. The molecule has 36 heavy (non-hydrogen) atoms. The molecule has 0 spiro atoms. The Labute approximate surface area is 217 Å². The lowest BCUT2D eigenvalue weighted by atomic mass is 9.92. The maximum absolute atomic E-state index is 13.8. The molecular formula is C28H32N2O5S. The van der Waals surface area contributed by atoms with Crippen molar-refractivity contribution < 1.29 is 23.8 Å². The zero-order valence-corrected chi connectivity index (χ0v) is 22.1. The molecule has 190 valence electrons. The Balaban J connectivity index is 2.17. The summed E-state index contributed by atoms with van der Waals surface area (Å²) in [6.07, 6.45) is 1.79. The van der Waals surface area contributed by atoms with Gasteiger partial charge in [0.05, 0.1) is 31.4 Å². The lowest BCUT2D eigenvalue weighted by Crippen LogP contribution is -2.51. The first-order valence-corrected chi connectivity index (χ1v) is 12.4. The van der Waals surface area contributed by atoms with E-state index in [0.29, 0.717) is 47.1 Å². The zero-order chi connectivity index (χ0) is 26.2. The van der Waals surface area contributed by atoms with Crippen molar-refractivity contribution in [1.82, 2.24) is 10.2 Å². The molecule has 2 aromatic rings. The highest BCUT2D eigenvalue weighted by Crippen LogP contribution is 2.39. The quantitative estimate of drug-likeness (QED) is 0.284. The van der Waals surface area contributed by atoms with Crippen molar-refractivity contribution in [1.29, 1.82) is 0 Å². The second-order valence-corrected chi connectivity index (χ2v) is 8.46. The first-order chi connectivity index (χ1) is 17.3. The number of benzene rings is 2. The summed E-state index contributed by atoms with van der Waals surface area (Å²) in [6, 6.07) is 14.1. The monoisotopic (exact) mass is 508 g/mol. The van der Waals surface area contributed by atoms with Gasteiger partial charge in [0.25, 0.3) is 5.91 Å². The molecule has 0 radical (unpaired) electrons. The summed E-state index contributed by atoms with van der Waals surface area (Å²) in [6.45, 7) is 10.1. The van der Waals surface area contributed by atoms with Gasteiger partial charge in [0.1, 0.15) is 0 Å². The van der Waals surface area contributed by atoms with Crippen molar-refractivity contribution >= 4 is 35.3 Å². The summed E-state index contributed by atoms with van der Waals surface area (Å²) < 4.78 is 16.9. The van der Waals surface area contributed by atoms with Gasteiger partial charge in [-0.15, -0.1) is 0 Å². The van der Waals surface area contributed by atoms with Crippen LogP contribution < -0.4 is 14.8 Å². The van der Waals surface area contributed by atoms with E-state index in [1.54, 1.807) is 39.0 Å². The Kier molecular flexibility index (Phi) is 9.25. The van der Waals surface area contributed by atoms with Crippen LogP contribution >= 0.6 is 12.2 Å². The fourth-order valence-corrected chi connectivity index (χ4v) is 4.37. The zero-order valence-electron chi connectivity index (χ0n) is 21.3. The van der Waals surface area contributed by atoms with Gasteiger partial charge in [0.15, 0.2) is 16.6 Å². The first-order valence-electron chi connectivity index (χ1n) is 12.0. The third-order valence-corrected chi connectivity index (χ3v) is 5.87. The average molecular weight is 509 g/mol. The molecule has 1 amide bonds. The molecule has 0 aliphatic carbocycles. The fourth-order valence-electron chi connectivity index (χ4n) is 4.03. The van der Waals surface area contributed by atoms with E-state index in [4.69, 9.17) is 26.4 Å². The topological polar surface area (TPSA) is 77.1 Å². The van der Waals surface area contributed by atoms with Gasteiger partial charge >= 0.3 is 5.97 Å². The summed E-state index contributed by atoms with van der Waals surface area (Å²) in [4.78, 5) is 28.4. The van der Waals surface area contributed by atoms with Crippen molar-refractivity contribution in [2.24, 2.45) is 0 Å². The lowest BCUT2D eigenvalue weighted by Gasteiger charge is -2.38. The molecule has 3 rings (SSSR count). The van der Waals surface area contributed by atoms with Crippen molar-refractivity contribution in [3.05, 3.63) is 76.5 Å². The first kappa shape index (κ1) is 26.9. The summed E-state index contributed by atoms with van der Waals surface area (Å²) in [5, 5.41) is 3.22. The van der Waals surface area contributed by atoms with E-state index in [9.17, 15) is 9.59 Å². The van der Waals surface area contributed by atoms with Crippen LogP contribution in [0.4, 0.5) is 0 Å². The number of amides is 1. The van der Waals surface area contributed by atoms with Crippen LogP contribution in [-0.4, -0.2) is 41.7 Å². The largest absolute Gasteiger partial charge is 0.490 e. The second kappa shape index (κ2) is 12.4. The lowest BCUT2D eigenvalue weighted by molar-refractivity contribution is -0.139. The number of allylic oxidation sites excluding steroid dienone is 1. The maximum atomic E-state index is 13.8. The molecule has 8 heteroatoms. The van der Waals surface area contributed by atoms with Crippen molar-refractivity contribution in [3.8, 4) is 11.5 Å². The molecule has 0 saturated heterocycles. The number of esters is 1. The molecule has 0 aromatic heterocycles. The minimum atomic E-state index is -0.820. The number of nitrogens with one attached hydrogen (secondary N) is 1. The van der Waals surface area contributed by atoms with Crippen LogP contribution in [-0.2, 0) is 14.3 Å². The molecule has 7 nitrogen and oxygen atoms in total. The fraction of sp³-hybridized carbons (Fsp3) is 0.321. The van der Waals surface area contributed by atoms with Crippen molar-refractivity contribution in [2.45, 2.75) is 40.7 Å². The number of nitrogens with zero attached hydrogens (tertiary/aromatic N) is 1. The van der Waals surface area contributed by atoms with Gasteiger partial charge in [0, 0.05) is 11.3 Å². The van der Waals surface area contributed by atoms with Crippen LogP contribution in [0.3, 0.4) is 0 Å². The number of carbonyl (C=O) groups excluding carboxylic acids is 2. The van der Waals surface area contributed by atoms with Gasteiger partial charge in [-0.2, -0.15) is 0 Å². The summed E-state index contributed by atoms with van der Waals surface area (Å²) in [5.41, 5.74) is 2.83. The van der Waals surface area contributed by atoms with Gasteiger partial charge in [-0.3, -0.25) is 9.69 Å². The third kappa shape index (κ3) is 5.94.